The van der Waals surface area contributed by atoms with Crippen LogP contribution < -0.4 is 14.8 Å². The minimum atomic E-state index is -3.88. The number of amides is 1. The van der Waals surface area contributed by atoms with Crippen molar-refractivity contribution in [3.63, 3.8) is 0 Å². The zero-order chi connectivity index (χ0) is 24.6. The average Bonchev–Trinajstić information content (AvgIpc) is 2.80. The number of esters is 1. The molecule has 2 aromatic carbocycles. The minimum Gasteiger partial charge on any atom is -0.495 e. The average molecular weight is 479 g/mol. The number of hydrogen-bond acceptors (Lipinski definition) is 7. The van der Waals surface area contributed by atoms with Crippen LogP contribution in [0.2, 0.25) is 0 Å². The smallest absolute Gasteiger partial charge is 0.338 e. The molecule has 0 aliphatic heterocycles. The first-order valence-corrected chi connectivity index (χ1v) is 12.0. The van der Waals surface area contributed by atoms with E-state index in [-0.39, 0.29) is 29.3 Å². The summed E-state index contributed by atoms with van der Waals surface area (Å²) in [5.74, 6) is -0.579. The molecule has 1 atom stereocenters. The van der Waals surface area contributed by atoms with Crippen LogP contribution in [0.15, 0.2) is 47.4 Å². The van der Waals surface area contributed by atoms with Gasteiger partial charge in [0, 0.05) is 18.8 Å². The molecule has 0 saturated carbocycles. The highest BCUT2D eigenvalue weighted by atomic mass is 32.2. The first-order chi connectivity index (χ1) is 15.7. The molecule has 1 N–H and O–H groups in total. The molecule has 0 bridgehead atoms. The Labute approximate surface area is 194 Å². The number of benzene rings is 2. The highest BCUT2D eigenvalue weighted by Gasteiger charge is 2.28. The predicted octanol–water partition coefficient (Wildman–Crippen LogP) is 3.31. The van der Waals surface area contributed by atoms with Crippen molar-refractivity contribution < 1.29 is 32.2 Å². The quantitative estimate of drug-likeness (QED) is 0.493. The highest BCUT2D eigenvalue weighted by molar-refractivity contribution is 7.89. The molecule has 1 amide bonds. The van der Waals surface area contributed by atoms with Gasteiger partial charge < -0.3 is 19.5 Å². The molecule has 9 nitrogen and oxygen atoms in total. The van der Waals surface area contributed by atoms with Crippen molar-refractivity contribution in [1.82, 2.24) is 4.31 Å². The molecular weight excluding hydrogens is 448 g/mol. The Kier molecular flexibility index (Phi) is 9.24. The molecule has 0 heterocycles. The Morgan fingerprint density at radius 1 is 1.03 bits per heavy atom. The first-order valence-electron chi connectivity index (χ1n) is 10.6. The third kappa shape index (κ3) is 6.45. The normalized spacial score (nSPS) is 12.2. The summed E-state index contributed by atoms with van der Waals surface area (Å²) in [7, 11) is -2.53. The maximum Gasteiger partial charge on any atom is 0.338 e. The molecule has 180 valence electrons. The van der Waals surface area contributed by atoms with Crippen molar-refractivity contribution >= 4 is 27.6 Å². The number of carbonyl (C=O) groups excluding carboxylic acids is 2. The van der Waals surface area contributed by atoms with Gasteiger partial charge in [0.1, 0.15) is 16.4 Å². The molecule has 33 heavy (non-hydrogen) atoms. The van der Waals surface area contributed by atoms with Crippen LogP contribution in [-0.2, 0) is 19.6 Å². The van der Waals surface area contributed by atoms with Gasteiger partial charge in [-0.1, -0.05) is 13.8 Å². The summed E-state index contributed by atoms with van der Waals surface area (Å²) in [6.45, 7) is 7.79. The Balaban J connectivity index is 2.16. The summed E-state index contributed by atoms with van der Waals surface area (Å²) in [5.41, 5.74) is 0.505. The number of nitrogens with zero attached hydrogens (tertiary/aromatic N) is 1. The lowest BCUT2D eigenvalue weighted by atomic mass is 10.2. The van der Waals surface area contributed by atoms with Gasteiger partial charge in [-0.2, -0.15) is 4.31 Å². The SMILES string of the molecule is CCOc1ccc(NC(=O)C(C)OC(=O)c2ccc(OC)c(S(=O)(=O)N(CC)CC)c2)cc1. The molecule has 10 heteroatoms. The van der Waals surface area contributed by atoms with Crippen molar-refractivity contribution in [1.29, 1.82) is 0 Å². The predicted molar refractivity (Wildman–Crippen MR) is 124 cm³/mol. The van der Waals surface area contributed by atoms with Crippen molar-refractivity contribution in [2.45, 2.75) is 38.7 Å². The number of hydrogen-bond donors (Lipinski definition) is 1. The van der Waals surface area contributed by atoms with Crippen molar-refractivity contribution in [2.24, 2.45) is 0 Å². The summed E-state index contributed by atoms with van der Waals surface area (Å²) in [6, 6.07) is 10.7. The van der Waals surface area contributed by atoms with Crippen molar-refractivity contribution in [3.05, 3.63) is 48.0 Å². The number of ether oxygens (including phenoxy) is 3. The largest absolute Gasteiger partial charge is 0.495 e. The van der Waals surface area contributed by atoms with E-state index >= 15 is 0 Å². The van der Waals surface area contributed by atoms with Crippen LogP contribution in [0.4, 0.5) is 5.69 Å². The number of methoxy groups -OCH3 is 1. The third-order valence-electron chi connectivity index (χ3n) is 4.81. The third-order valence-corrected chi connectivity index (χ3v) is 6.88. The number of rotatable bonds is 11. The summed E-state index contributed by atoms with van der Waals surface area (Å²) in [5, 5.41) is 2.66. The molecule has 0 saturated heterocycles. The second-order valence-electron chi connectivity index (χ2n) is 6.95. The molecule has 0 radical (unpaired) electrons. The van der Waals surface area contributed by atoms with E-state index in [9.17, 15) is 18.0 Å². The molecular formula is C23H30N2O7S. The second-order valence-corrected chi connectivity index (χ2v) is 8.86. The van der Waals surface area contributed by atoms with E-state index < -0.39 is 28.0 Å². The fourth-order valence-electron chi connectivity index (χ4n) is 3.04. The van der Waals surface area contributed by atoms with E-state index in [1.807, 2.05) is 6.92 Å². The molecule has 0 spiro atoms. The molecule has 0 aliphatic rings. The molecule has 0 aliphatic carbocycles. The first kappa shape index (κ1) is 26.1. The van der Waals surface area contributed by atoms with E-state index in [0.717, 1.165) is 0 Å². The molecule has 2 aromatic rings. The van der Waals surface area contributed by atoms with Crippen LogP contribution in [-0.4, -0.2) is 57.5 Å². The van der Waals surface area contributed by atoms with Gasteiger partial charge in [-0.05, 0) is 56.3 Å². The topological polar surface area (TPSA) is 111 Å². The van der Waals surface area contributed by atoms with E-state index in [1.54, 1.807) is 38.1 Å². The Morgan fingerprint density at radius 3 is 2.21 bits per heavy atom. The van der Waals surface area contributed by atoms with E-state index in [0.29, 0.717) is 18.0 Å². The molecule has 0 fully saturated rings. The van der Waals surface area contributed by atoms with Gasteiger partial charge in [-0.15, -0.1) is 0 Å². The second kappa shape index (κ2) is 11.7. The van der Waals surface area contributed by atoms with E-state index in [4.69, 9.17) is 14.2 Å². The van der Waals surface area contributed by atoms with Gasteiger partial charge in [0.15, 0.2) is 6.10 Å². The monoisotopic (exact) mass is 478 g/mol. The van der Waals surface area contributed by atoms with Crippen molar-refractivity contribution in [3.8, 4) is 11.5 Å². The maximum absolute atomic E-state index is 13.0. The Bertz CT molecular complexity index is 1060. The number of nitrogens with one attached hydrogen (secondary N) is 1. The summed E-state index contributed by atoms with van der Waals surface area (Å²) >= 11 is 0. The summed E-state index contributed by atoms with van der Waals surface area (Å²) < 4.78 is 43.0. The van der Waals surface area contributed by atoms with Gasteiger partial charge in [-0.25, -0.2) is 13.2 Å². The zero-order valence-corrected chi connectivity index (χ0v) is 20.3. The molecule has 1 unspecified atom stereocenters. The number of sulfonamides is 1. The lowest BCUT2D eigenvalue weighted by Gasteiger charge is -2.20. The van der Waals surface area contributed by atoms with Gasteiger partial charge in [0.05, 0.1) is 19.3 Å². The molecule has 2 rings (SSSR count). The summed E-state index contributed by atoms with van der Waals surface area (Å²) in [4.78, 5) is 24.9. The lowest BCUT2D eigenvalue weighted by molar-refractivity contribution is -0.123. The highest BCUT2D eigenvalue weighted by Crippen LogP contribution is 2.28. The van der Waals surface area contributed by atoms with Gasteiger partial charge in [-0.3, -0.25) is 4.79 Å². The minimum absolute atomic E-state index is 0.0118. The van der Waals surface area contributed by atoms with Crippen LogP contribution in [0.1, 0.15) is 38.1 Å². The molecule has 0 aromatic heterocycles. The van der Waals surface area contributed by atoms with Gasteiger partial charge in [0.2, 0.25) is 10.0 Å². The van der Waals surface area contributed by atoms with Crippen LogP contribution in [0, 0.1) is 0 Å². The van der Waals surface area contributed by atoms with Crippen LogP contribution >= 0.6 is 0 Å². The van der Waals surface area contributed by atoms with Gasteiger partial charge in [0.25, 0.3) is 5.91 Å². The van der Waals surface area contributed by atoms with E-state index in [1.165, 1.54) is 36.5 Å². The van der Waals surface area contributed by atoms with Crippen molar-refractivity contribution in [2.75, 3.05) is 32.1 Å². The van der Waals surface area contributed by atoms with Crippen LogP contribution in [0.25, 0.3) is 0 Å². The van der Waals surface area contributed by atoms with E-state index in [2.05, 4.69) is 5.32 Å². The summed E-state index contributed by atoms with van der Waals surface area (Å²) in [6.07, 6.45) is -1.12. The van der Waals surface area contributed by atoms with Crippen LogP contribution in [0.3, 0.4) is 0 Å². The Hall–Kier alpha value is -3.11. The maximum atomic E-state index is 13.0. The Morgan fingerprint density at radius 2 is 1.67 bits per heavy atom. The number of anilines is 1. The van der Waals surface area contributed by atoms with Crippen LogP contribution in [0.5, 0.6) is 11.5 Å². The lowest BCUT2D eigenvalue weighted by Crippen LogP contribution is -2.31. The fourth-order valence-corrected chi connectivity index (χ4v) is 4.67. The standard InChI is InChI=1S/C23H30N2O7S/c1-6-25(7-2)33(28,29)21-15-17(9-14-20(21)30-5)23(27)32-16(4)22(26)24-18-10-12-19(13-11-18)31-8-3/h9-16H,6-8H2,1-5H3,(H,24,26). The van der Waals surface area contributed by atoms with Gasteiger partial charge >= 0.3 is 5.97 Å². The zero-order valence-electron chi connectivity index (χ0n) is 19.5. The fraction of sp³-hybridized carbons (Fsp3) is 0.391. The number of carbonyl (C=O) groups is 2.